The van der Waals surface area contributed by atoms with Crippen molar-refractivity contribution >= 4 is 45.5 Å². The predicted molar refractivity (Wildman–Crippen MR) is 8.54 cm³/mol. The smallest absolute Gasteiger partial charge is 0 e. The molecule has 0 nitrogen and oxygen atoms in total. The molecule has 11 heavy (non-hydrogen) atoms. The van der Waals surface area contributed by atoms with Crippen molar-refractivity contribution in [1.29, 1.82) is 0 Å². The second-order valence-corrected chi connectivity index (χ2v) is 0. The summed E-state index contributed by atoms with van der Waals surface area (Å²) in [6.45, 7) is 0. The van der Waals surface area contributed by atoms with Crippen LogP contribution in [0.5, 0.6) is 0 Å². The van der Waals surface area contributed by atoms with Crippen LogP contribution in [0.1, 0.15) is 0 Å². The summed E-state index contributed by atoms with van der Waals surface area (Å²) >= 11 is 0. The van der Waals surface area contributed by atoms with Crippen LogP contribution in [0, 0.1) is 0 Å². The zero-order valence-corrected chi connectivity index (χ0v) is 23.1. The first-order valence-corrected chi connectivity index (χ1v) is 0. The van der Waals surface area contributed by atoms with Gasteiger partial charge in [-0.3, -0.25) is 0 Å². The molecule has 0 N–H and O–H groups in total. The van der Waals surface area contributed by atoms with Crippen LogP contribution >= 0.6 is 0 Å². The summed E-state index contributed by atoms with van der Waals surface area (Å²) in [6, 6.07) is 0. The zero-order valence-electron chi connectivity index (χ0n) is 4.44. The van der Waals surface area contributed by atoms with Gasteiger partial charge in [-0.1, -0.05) is 0 Å². The molecule has 61 valence electrons. The Balaban J connectivity index is 0. The third-order valence-electron chi connectivity index (χ3n) is 0. The summed E-state index contributed by atoms with van der Waals surface area (Å²) in [7, 11) is 0. The van der Waals surface area contributed by atoms with E-state index in [1.54, 1.807) is 0 Å². The van der Waals surface area contributed by atoms with Crippen LogP contribution in [0.3, 0.4) is 0 Å². The molecule has 0 bridgehead atoms. The average molecular weight is 864 g/mol. The Morgan fingerprint density at radius 2 is 1.00 bits per heavy atom. The van der Waals surface area contributed by atoms with E-state index in [1.807, 2.05) is 0 Å². The van der Waals surface area contributed by atoms with Crippen molar-refractivity contribution in [2.45, 2.75) is 0 Å². The van der Waals surface area contributed by atoms with Gasteiger partial charge < -0.3 is 0 Å². The van der Waals surface area contributed by atoms with Gasteiger partial charge in [-0.05, 0) is 0 Å². The molecular formula is H2MnMoNbNiRuScSrTcTiYZr. The topological polar surface area (TPSA) is 0 Å². The standard InChI is InChI=1S/Mn.Mo.Nb.Ni.Ru.Sc.Sr.Tc.Ti.Y.Zr.2H. The summed E-state index contributed by atoms with van der Waals surface area (Å²) in [5, 5.41) is 0. The van der Waals surface area contributed by atoms with Crippen molar-refractivity contribution in [1.82, 2.24) is 0 Å². The zero-order chi connectivity index (χ0) is 0. The first-order valence-electron chi connectivity index (χ1n) is 0. The van der Waals surface area contributed by atoms with Crippen LogP contribution in [-0.4, -0.2) is 45.5 Å². The van der Waals surface area contributed by atoms with Gasteiger partial charge in [-0.25, -0.2) is 0 Å². The maximum atomic E-state index is 0. The van der Waals surface area contributed by atoms with Crippen molar-refractivity contribution in [3.8, 4) is 0 Å². The molecule has 0 spiro atoms. The van der Waals surface area contributed by atoms with Crippen LogP contribution < -0.4 is 0 Å². The van der Waals surface area contributed by atoms with E-state index in [0.29, 0.717) is 0 Å². The molecule has 5 radical (unpaired) electrons. The first-order chi connectivity index (χ1) is 0. The molecule has 0 saturated carbocycles. The minimum absolute atomic E-state index is 0. The van der Waals surface area contributed by atoms with E-state index < -0.39 is 0 Å². The number of hydrogen-bond donors (Lipinski definition) is 0. The molecule has 0 aromatic heterocycles. The SMILES string of the molecule is [Mn].[Mo].[Nb].[Ni].[Ru].[Sc].[SrH2].[Tc].[Ti].[Y].[Zr]. The molecule has 0 fully saturated rings. The normalized spacial score (nSPS) is 0. The van der Waals surface area contributed by atoms with Gasteiger partial charge in [0.25, 0.3) is 0 Å². The minimum Gasteiger partial charge on any atom is 0 e. The first kappa shape index (κ1) is 90.6. The van der Waals surface area contributed by atoms with Gasteiger partial charge in [0.15, 0.2) is 0 Å². The van der Waals surface area contributed by atoms with Crippen molar-refractivity contribution < 1.29 is 223 Å². The number of hydrogen-bond acceptors (Lipinski definition) is 0. The van der Waals surface area contributed by atoms with E-state index in [9.17, 15) is 0 Å². The summed E-state index contributed by atoms with van der Waals surface area (Å²) in [5.41, 5.74) is 0. The van der Waals surface area contributed by atoms with E-state index in [1.165, 1.54) is 0 Å². The van der Waals surface area contributed by atoms with Crippen LogP contribution in [0.4, 0.5) is 0 Å². The third-order valence-corrected chi connectivity index (χ3v) is 0. The molecule has 0 unspecified atom stereocenters. The van der Waals surface area contributed by atoms with Gasteiger partial charge in [0.05, 0.1) is 0 Å². The summed E-state index contributed by atoms with van der Waals surface area (Å²) in [5.74, 6) is 0. The molecule has 0 amide bonds. The Labute approximate surface area is 260 Å². The Morgan fingerprint density at radius 1 is 1.00 bits per heavy atom. The van der Waals surface area contributed by atoms with Gasteiger partial charge in [-0.2, -0.15) is 0 Å². The van der Waals surface area contributed by atoms with Crippen molar-refractivity contribution in [3.63, 3.8) is 0 Å². The molecule has 0 aliphatic rings. The fraction of sp³-hybridized carbons (Fsp3) is 0. The van der Waals surface area contributed by atoms with Crippen molar-refractivity contribution in [2.75, 3.05) is 0 Å². The number of rotatable bonds is 0. The maximum Gasteiger partial charge on any atom is 0 e. The second kappa shape index (κ2) is 77.1. The van der Waals surface area contributed by atoms with Gasteiger partial charge in [0.2, 0.25) is 0 Å². The van der Waals surface area contributed by atoms with E-state index in [-0.39, 0.29) is 269 Å². The van der Waals surface area contributed by atoms with E-state index in [4.69, 9.17) is 0 Å². The molecule has 0 aromatic carbocycles. The molecule has 11 heteroatoms. The maximum absolute atomic E-state index is 0. The van der Waals surface area contributed by atoms with Gasteiger partial charge >= 0.3 is 45.5 Å². The Bertz CT molecular complexity index is 38.1. The molecule has 0 aliphatic heterocycles. The molecule has 0 aromatic rings. The van der Waals surface area contributed by atoms with Crippen LogP contribution in [0.25, 0.3) is 0 Å². The van der Waals surface area contributed by atoms with Crippen LogP contribution in [0.2, 0.25) is 0 Å². The summed E-state index contributed by atoms with van der Waals surface area (Å²) in [4.78, 5) is 0. The molecule has 0 aliphatic carbocycles. The van der Waals surface area contributed by atoms with E-state index >= 15 is 0 Å². The minimum atomic E-state index is 0. The Kier molecular flexibility index (Phi) is 635. The average Bonchev–Trinajstić information content (AvgIpc) is 0. The van der Waals surface area contributed by atoms with Crippen molar-refractivity contribution in [2.24, 2.45) is 0 Å². The second-order valence-electron chi connectivity index (χ2n) is 0. The summed E-state index contributed by atoms with van der Waals surface area (Å²) in [6.07, 6.45) is 0. The monoisotopic (exact) mass is 864 g/mol. The molecule has 0 heterocycles. The molecule has 0 saturated heterocycles. The van der Waals surface area contributed by atoms with Gasteiger partial charge in [-0.15, -0.1) is 0 Å². The Morgan fingerprint density at radius 3 is 1.00 bits per heavy atom. The van der Waals surface area contributed by atoms with Crippen molar-refractivity contribution in [3.05, 3.63) is 0 Å². The van der Waals surface area contributed by atoms with E-state index in [0.717, 1.165) is 0 Å². The van der Waals surface area contributed by atoms with Gasteiger partial charge in [0.1, 0.15) is 0 Å². The fourth-order valence-corrected chi connectivity index (χ4v) is 0. The summed E-state index contributed by atoms with van der Waals surface area (Å²) < 4.78 is 0. The largest absolute Gasteiger partial charge is 0 e. The van der Waals surface area contributed by atoms with E-state index in [2.05, 4.69) is 0 Å². The quantitative estimate of drug-likeness (QED) is 0.277. The Hall–Kier alpha value is 8.77. The molecule has 0 rings (SSSR count). The molecule has 0 atom stereocenters. The van der Waals surface area contributed by atoms with Gasteiger partial charge in [0, 0.05) is 223 Å². The molecular weight excluding hydrogens is 862 g/mol. The van der Waals surface area contributed by atoms with Crippen LogP contribution in [-0.2, 0) is 223 Å². The third kappa shape index (κ3) is 68.6. The fourth-order valence-electron chi connectivity index (χ4n) is 0. The predicted octanol–water partition coefficient (Wildman–Crippen LogP) is -0.941. The van der Waals surface area contributed by atoms with Crippen LogP contribution in [0.15, 0.2) is 0 Å².